The fourth-order valence-electron chi connectivity index (χ4n) is 5.19. The van der Waals surface area contributed by atoms with Crippen molar-refractivity contribution >= 4 is 21.6 Å². The molecular formula is C22H33N3O3S. The zero-order valence-corrected chi connectivity index (χ0v) is 18.0. The monoisotopic (exact) mass is 419 g/mol. The van der Waals surface area contributed by atoms with Gasteiger partial charge in [-0.05, 0) is 68.3 Å². The third-order valence-electron chi connectivity index (χ3n) is 6.83. The van der Waals surface area contributed by atoms with Gasteiger partial charge in [-0.1, -0.05) is 25.7 Å². The Balaban J connectivity index is 1.31. The molecule has 0 aromatic heterocycles. The van der Waals surface area contributed by atoms with Crippen LogP contribution in [0.2, 0.25) is 0 Å². The van der Waals surface area contributed by atoms with Gasteiger partial charge in [-0.3, -0.25) is 9.69 Å². The van der Waals surface area contributed by atoms with Crippen molar-refractivity contribution in [3.05, 3.63) is 24.3 Å². The number of fused-ring (bicyclic) bond motifs is 1. The third kappa shape index (κ3) is 5.01. The number of sulfonamides is 1. The molecule has 4 rings (SSSR count). The molecule has 29 heavy (non-hydrogen) atoms. The molecule has 1 N–H and O–H groups in total. The molecule has 6 nitrogen and oxygen atoms in total. The first kappa shape index (κ1) is 20.8. The van der Waals surface area contributed by atoms with Gasteiger partial charge >= 0.3 is 0 Å². The normalized spacial score (nSPS) is 26.6. The minimum absolute atomic E-state index is 0.0223. The van der Waals surface area contributed by atoms with Gasteiger partial charge in [0.2, 0.25) is 15.9 Å². The highest BCUT2D eigenvalue weighted by molar-refractivity contribution is 7.89. The summed E-state index contributed by atoms with van der Waals surface area (Å²) in [6.07, 6.45) is 9.50. The molecular weight excluding hydrogens is 386 g/mol. The van der Waals surface area contributed by atoms with Gasteiger partial charge < -0.3 is 5.32 Å². The number of hydrogen-bond acceptors (Lipinski definition) is 4. The topological polar surface area (TPSA) is 69.7 Å². The van der Waals surface area contributed by atoms with E-state index in [4.69, 9.17) is 0 Å². The number of carbonyl (C=O) groups excluding carboxylic acids is 1. The second-order valence-electron chi connectivity index (χ2n) is 8.87. The lowest BCUT2D eigenvalue weighted by Crippen LogP contribution is -2.44. The van der Waals surface area contributed by atoms with Crippen LogP contribution in [0.1, 0.15) is 51.4 Å². The van der Waals surface area contributed by atoms with E-state index in [0.29, 0.717) is 30.2 Å². The summed E-state index contributed by atoms with van der Waals surface area (Å²) in [5.41, 5.74) is 0.653. The molecule has 2 atom stereocenters. The number of carbonyl (C=O) groups is 1. The molecule has 2 saturated heterocycles. The summed E-state index contributed by atoms with van der Waals surface area (Å²) < 4.78 is 27.0. The van der Waals surface area contributed by atoms with E-state index in [2.05, 4.69) is 10.2 Å². The summed E-state index contributed by atoms with van der Waals surface area (Å²) in [6.45, 7) is 3.64. The van der Waals surface area contributed by atoms with Crippen LogP contribution in [-0.4, -0.2) is 56.3 Å². The lowest BCUT2D eigenvalue weighted by Gasteiger charge is -2.41. The first-order valence-corrected chi connectivity index (χ1v) is 12.6. The number of nitrogens with zero attached hydrogens (tertiary/aromatic N) is 2. The average molecular weight is 420 g/mol. The van der Waals surface area contributed by atoms with E-state index in [9.17, 15) is 13.2 Å². The number of likely N-dealkylation sites (tertiary alicyclic amines) is 1. The van der Waals surface area contributed by atoms with Gasteiger partial charge in [0.15, 0.2) is 0 Å². The average Bonchev–Trinajstić information content (AvgIpc) is 2.74. The van der Waals surface area contributed by atoms with Gasteiger partial charge in [-0.25, -0.2) is 8.42 Å². The number of benzene rings is 1. The largest absolute Gasteiger partial charge is 0.325 e. The third-order valence-corrected chi connectivity index (χ3v) is 8.75. The van der Waals surface area contributed by atoms with E-state index in [1.807, 2.05) is 0 Å². The Kier molecular flexibility index (Phi) is 6.56. The first-order valence-electron chi connectivity index (χ1n) is 11.1. The predicted molar refractivity (Wildman–Crippen MR) is 114 cm³/mol. The molecule has 7 heteroatoms. The Morgan fingerprint density at radius 3 is 2.31 bits per heavy atom. The van der Waals surface area contributed by atoms with Gasteiger partial charge in [0.1, 0.15) is 0 Å². The second-order valence-corrected chi connectivity index (χ2v) is 10.8. The maximum absolute atomic E-state index is 12.7. The fourth-order valence-corrected chi connectivity index (χ4v) is 6.71. The predicted octanol–water partition coefficient (Wildman–Crippen LogP) is 3.31. The summed E-state index contributed by atoms with van der Waals surface area (Å²) in [6, 6.07) is 6.60. The Morgan fingerprint density at radius 1 is 0.897 bits per heavy atom. The van der Waals surface area contributed by atoms with Crippen molar-refractivity contribution in [2.45, 2.75) is 56.3 Å². The van der Waals surface area contributed by atoms with Crippen molar-refractivity contribution in [2.75, 3.05) is 38.0 Å². The standard InChI is InChI=1S/C22H33N3O3S/c26-22(17-24-15-12-18-6-2-3-7-19(18)16-24)23-20-8-10-21(11-9-20)29(27,28)25-13-4-1-5-14-25/h8-11,18-19H,1-7,12-17H2,(H,23,26)/t18-,19+/m0/s1. The quantitative estimate of drug-likeness (QED) is 0.795. The highest BCUT2D eigenvalue weighted by atomic mass is 32.2. The first-order chi connectivity index (χ1) is 14.0. The van der Waals surface area contributed by atoms with Crippen molar-refractivity contribution in [1.82, 2.24) is 9.21 Å². The minimum atomic E-state index is -3.43. The van der Waals surface area contributed by atoms with E-state index < -0.39 is 10.0 Å². The van der Waals surface area contributed by atoms with Crippen LogP contribution >= 0.6 is 0 Å². The zero-order valence-electron chi connectivity index (χ0n) is 17.2. The van der Waals surface area contributed by atoms with Gasteiger partial charge in [0.25, 0.3) is 0 Å². The van der Waals surface area contributed by atoms with E-state index in [1.165, 1.54) is 32.1 Å². The molecule has 0 bridgehead atoms. The van der Waals surface area contributed by atoms with Crippen LogP contribution in [-0.2, 0) is 14.8 Å². The van der Waals surface area contributed by atoms with Crippen LogP contribution in [0.5, 0.6) is 0 Å². The number of amides is 1. The molecule has 0 radical (unpaired) electrons. The SMILES string of the molecule is O=C(CN1CC[C@@H]2CCCC[C@@H]2C1)Nc1ccc(S(=O)(=O)N2CCCCC2)cc1. The van der Waals surface area contributed by atoms with E-state index in [1.54, 1.807) is 28.6 Å². The molecule has 3 aliphatic rings. The summed E-state index contributed by atoms with van der Waals surface area (Å²) in [5.74, 6) is 1.59. The number of piperidine rings is 2. The van der Waals surface area contributed by atoms with Crippen LogP contribution < -0.4 is 5.32 Å². The molecule has 1 aromatic rings. The van der Waals surface area contributed by atoms with Crippen LogP contribution in [0.4, 0.5) is 5.69 Å². The van der Waals surface area contributed by atoms with Crippen molar-refractivity contribution < 1.29 is 13.2 Å². The maximum atomic E-state index is 12.7. The molecule has 2 heterocycles. The Hall–Kier alpha value is -1.44. The molecule has 1 saturated carbocycles. The fraction of sp³-hybridized carbons (Fsp3) is 0.682. The molecule has 0 unspecified atom stereocenters. The summed E-state index contributed by atoms with van der Waals surface area (Å²) in [5, 5.41) is 2.93. The van der Waals surface area contributed by atoms with E-state index in [-0.39, 0.29) is 5.91 Å². The van der Waals surface area contributed by atoms with Crippen molar-refractivity contribution in [1.29, 1.82) is 0 Å². The smallest absolute Gasteiger partial charge is 0.243 e. The lowest BCUT2D eigenvalue weighted by atomic mass is 9.75. The molecule has 160 valence electrons. The molecule has 3 fully saturated rings. The van der Waals surface area contributed by atoms with Crippen LogP contribution in [0.25, 0.3) is 0 Å². The molecule has 0 spiro atoms. The number of anilines is 1. The zero-order chi connectivity index (χ0) is 20.3. The number of hydrogen-bond donors (Lipinski definition) is 1. The highest BCUT2D eigenvalue weighted by Gasteiger charge is 2.31. The highest BCUT2D eigenvalue weighted by Crippen LogP contribution is 2.35. The van der Waals surface area contributed by atoms with Crippen LogP contribution in [0, 0.1) is 11.8 Å². The number of rotatable bonds is 5. The second kappa shape index (κ2) is 9.14. The number of nitrogens with one attached hydrogen (secondary N) is 1. The van der Waals surface area contributed by atoms with E-state index >= 15 is 0 Å². The Labute approximate surface area is 174 Å². The maximum Gasteiger partial charge on any atom is 0.243 e. The van der Waals surface area contributed by atoms with E-state index in [0.717, 1.165) is 44.2 Å². The molecule has 1 amide bonds. The van der Waals surface area contributed by atoms with Crippen molar-refractivity contribution in [3.8, 4) is 0 Å². The summed E-state index contributed by atoms with van der Waals surface area (Å²) >= 11 is 0. The minimum Gasteiger partial charge on any atom is -0.325 e. The Morgan fingerprint density at radius 2 is 1.59 bits per heavy atom. The molecule has 1 aliphatic carbocycles. The summed E-state index contributed by atoms with van der Waals surface area (Å²) in [4.78, 5) is 15.1. The molecule has 1 aromatic carbocycles. The van der Waals surface area contributed by atoms with Gasteiger partial charge in [0, 0.05) is 25.3 Å². The van der Waals surface area contributed by atoms with Gasteiger partial charge in [-0.2, -0.15) is 4.31 Å². The van der Waals surface area contributed by atoms with Crippen molar-refractivity contribution in [3.63, 3.8) is 0 Å². The summed E-state index contributed by atoms with van der Waals surface area (Å²) in [7, 11) is -3.43. The Bertz CT molecular complexity index is 803. The van der Waals surface area contributed by atoms with Crippen LogP contribution in [0.15, 0.2) is 29.2 Å². The molecule has 2 aliphatic heterocycles. The lowest BCUT2D eigenvalue weighted by molar-refractivity contribution is -0.118. The van der Waals surface area contributed by atoms with Gasteiger partial charge in [-0.15, -0.1) is 0 Å². The van der Waals surface area contributed by atoms with Crippen molar-refractivity contribution in [2.24, 2.45) is 11.8 Å². The van der Waals surface area contributed by atoms with Gasteiger partial charge in [0.05, 0.1) is 11.4 Å². The van der Waals surface area contributed by atoms with Crippen LogP contribution in [0.3, 0.4) is 0 Å².